The molecule has 1 amide bonds. The second kappa shape index (κ2) is 7.80. The Labute approximate surface area is 155 Å². The van der Waals surface area contributed by atoms with Crippen LogP contribution in [0.15, 0.2) is 29.2 Å². The van der Waals surface area contributed by atoms with Crippen molar-refractivity contribution >= 4 is 26.8 Å². The van der Waals surface area contributed by atoms with E-state index in [2.05, 4.69) is 12.2 Å². The normalized spacial score (nSPS) is 16.1. The van der Waals surface area contributed by atoms with Crippen LogP contribution in [0.5, 0.6) is 0 Å². The highest BCUT2D eigenvalue weighted by Gasteiger charge is 2.26. The molecule has 1 aliphatic heterocycles. The average molecular weight is 378 g/mol. The number of piperidine rings is 1. The maximum atomic E-state index is 12.9. The van der Waals surface area contributed by atoms with Crippen LogP contribution in [0.2, 0.25) is 0 Å². The van der Waals surface area contributed by atoms with Crippen molar-refractivity contribution in [2.45, 2.75) is 43.9 Å². The van der Waals surface area contributed by atoms with E-state index in [1.807, 2.05) is 11.6 Å². The number of aromatic nitrogens is 1. The lowest BCUT2D eigenvalue weighted by atomic mass is 10.2. The van der Waals surface area contributed by atoms with Crippen molar-refractivity contribution in [3.8, 4) is 0 Å². The zero-order valence-corrected chi connectivity index (χ0v) is 16.3. The minimum atomic E-state index is -3.47. The summed E-state index contributed by atoms with van der Waals surface area (Å²) >= 11 is 0. The number of unbranched alkanes of at least 4 members (excludes halogenated alkanes) is 1. The van der Waals surface area contributed by atoms with Gasteiger partial charge >= 0.3 is 0 Å². The van der Waals surface area contributed by atoms with Crippen LogP contribution in [0, 0.1) is 0 Å². The largest absolute Gasteiger partial charge is 0.351 e. The van der Waals surface area contributed by atoms with Crippen molar-refractivity contribution in [1.82, 2.24) is 14.2 Å². The number of fused-ring (bicyclic) bond motifs is 1. The van der Waals surface area contributed by atoms with Crippen molar-refractivity contribution in [3.05, 3.63) is 30.0 Å². The zero-order chi connectivity index (χ0) is 18.7. The number of rotatable bonds is 6. The molecule has 1 saturated heterocycles. The van der Waals surface area contributed by atoms with Gasteiger partial charge in [-0.3, -0.25) is 4.79 Å². The zero-order valence-electron chi connectivity index (χ0n) is 15.5. The van der Waals surface area contributed by atoms with E-state index in [0.29, 0.717) is 30.2 Å². The van der Waals surface area contributed by atoms with Gasteiger partial charge in [-0.05, 0) is 43.5 Å². The van der Waals surface area contributed by atoms with Crippen molar-refractivity contribution in [3.63, 3.8) is 0 Å². The smallest absolute Gasteiger partial charge is 0.267 e. The summed E-state index contributed by atoms with van der Waals surface area (Å²) in [7, 11) is -1.64. The highest BCUT2D eigenvalue weighted by atomic mass is 32.2. The third-order valence-corrected chi connectivity index (χ3v) is 6.91. The van der Waals surface area contributed by atoms with Crippen LogP contribution in [-0.4, -0.2) is 42.8 Å². The summed E-state index contributed by atoms with van der Waals surface area (Å²) in [6, 6.07) is 6.88. The van der Waals surface area contributed by atoms with Crippen LogP contribution in [0.3, 0.4) is 0 Å². The molecule has 1 aromatic heterocycles. The van der Waals surface area contributed by atoms with Gasteiger partial charge in [-0.25, -0.2) is 8.42 Å². The molecule has 0 aliphatic carbocycles. The van der Waals surface area contributed by atoms with Gasteiger partial charge in [0.2, 0.25) is 10.0 Å². The van der Waals surface area contributed by atoms with E-state index >= 15 is 0 Å². The summed E-state index contributed by atoms with van der Waals surface area (Å²) < 4.78 is 29.1. The number of benzene rings is 1. The summed E-state index contributed by atoms with van der Waals surface area (Å²) in [4.78, 5) is 12.7. The Balaban J connectivity index is 1.90. The van der Waals surface area contributed by atoms with Gasteiger partial charge in [0.25, 0.3) is 5.91 Å². The maximum absolute atomic E-state index is 12.9. The summed E-state index contributed by atoms with van der Waals surface area (Å²) in [5.41, 5.74) is 1.40. The first-order valence-corrected chi connectivity index (χ1v) is 10.8. The van der Waals surface area contributed by atoms with Crippen molar-refractivity contribution < 1.29 is 13.2 Å². The predicted molar refractivity (Wildman–Crippen MR) is 103 cm³/mol. The van der Waals surface area contributed by atoms with Gasteiger partial charge in [-0.2, -0.15) is 4.31 Å². The number of amides is 1. The molecular weight excluding hydrogens is 350 g/mol. The number of sulfonamides is 1. The molecule has 0 spiro atoms. The lowest BCUT2D eigenvalue weighted by Crippen LogP contribution is -2.35. The second-order valence-corrected chi connectivity index (χ2v) is 8.82. The van der Waals surface area contributed by atoms with E-state index in [4.69, 9.17) is 0 Å². The number of carbonyl (C=O) groups excluding carboxylic acids is 1. The SMILES string of the molecule is CCCCNC(=O)c1cc2cc(S(=O)(=O)N3CCCCC3)ccc2n1C. The predicted octanol–water partition coefficient (Wildman–Crippen LogP) is 2.88. The Morgan fingerprint density at radius 3 is 2.58 bits per heavy atom. The molecule has 1 fully saturated rings. The lowest BCUT2D eigenvalue weighted by molar-refractivity contribution is 0.0945. The van der Waals surface area contributed by atoms with Crippen LogP contribution >= 0.6 is 0 Å². The van der Waals surface area contributed by atoms with Crippen LogP contribution < -0.4 is 5.32 Å². The molecule has 26 heavy (non-hydrogen) atoms. The topological polar surface area (TPSA) is 71.4 Å². The fourth-order valence-corrected chi connectivity index (χ4v) is 4.98. The molecule has 3 rings (SSSR count). The first-order valence-electron chi connectivity index (χ1n) is 9.33. The summed E-state index contributed by atoms with van der Waals surface area (Å²) in [5.74, 6) is -0.127. The third kappa shape index (κ3) is 3.64. The minimum absolute atomic E-state index is 0.127. The molecule has 2 aromatic rings. The van der Waals surface area contributed by atoms with Gasteiger partial charge < -0.3 is 9.88 Å². The summed E-state index contributed by atoms with van der Waals surface area (Å²) in [6.07, 6.45) is 4.87. The van der Waals surface area contributed by atoms with E-state index in [1.165, 1.54) is 0 Å². The third-order valence-electron chi connectivity index (χ3n) is 5.02. The second-order valence-electron chi connectivity index (χ2n) is 6.88. The van der Waals surface area contributed by atoms with E-state index < -0.39 is 10.0 Å². The lowest BCUT2D eigenvalue weighted by Gasteiger charge is -2.25. The molecule has 1 aromatic carbocycles. The minimum Gasteiger partial charge on any atom is -0.351 e. The Kier molecular flexibility index (Phi) is 5.67. The monoisotopic (exact) mass is 377 g/mol. The van der Waals surface area contributed by atoms with Gasteiger partial charge in [-0.15, -0.1) is 0 Å². The Hall–Kier alpha value is -1.86. The Morgan fingerprint density at radius 2 is 1.88 bits per heavy atom. The van der Waals surface area contributed by atoms with Crippen LogP contribution in [0.25, 0.3) is 10.9 Å². The van der Waals surface area contributed by atoms with Crippen molar-refractivity contribution in [1.29, 1.82) is 0 Å². The molecule has 6 nitrogen and oxygen atoms in total. The quantitative estimate of drug-likeness (QED) is 0.787. The number of carbonyl (C=O) groups is 1. The summed E-state index contributed by atoms with van der Waals surface area (Å²) in [6.45, 7) is 3.89. The van der Waals surface area contributed by atoms with Crippen molar-refractivity contribution in [2.75, 3.05) is 19.6 Å². The Bertz CT molecular complexity index is 896. The molecule has 0 saturated carbocycles. The van der Waals surface area contributed by atoms with Gasteiger partial charge in [0.05, 0.1) is 4.90 Å². The van der Waals surface area contributed by atoms with Crippen LogP contribution in [-0.2, 0) is 17.1 Å². The average Bonchev–Trinajstić information content (AvgIpc) is 2.99. The fraction of sp³-hybridized carbons (Fsp3) is 0.526. The number of nitrogens with one attached hydrogen (secondary N) is 1. The van der Waals surface area contributed by atoms with E-state index in [9.17, 15) is 13.2 Å². The van der Waals surface area contributed by atoms with Crippen molar-refractivity contribution in [2.24, 2.45) is 7.05 Å². The molecule has 0 unspecified atom stereocenters. The van der Waals surface area contributed by atoms with E-state index in [-0.39, 0.29) is 5.91 Å². The standard InChI is InChI=1S/C19H27N3O3S/c1-3-4-10-20-19(23)18-14-15-13-16(8-9-17(15)21(18)2)26(24,25)22-11-6-5-7-12-22/h8-9,13-14H,3-7,10-12H2,1-2H3,(H,20,23). The number of aryl methyl sites for hydroxylation is 1. The first kappa shape index (κ1) is 18.9. The molecule has 0 radical (unpaired) electrons. The number of nitrogens with zero attached hydrogens (tertiary/aromatic N) is 2. The van der Waals surface area contributed by atoms with Gasteiger partial charge in [-0.1, -0.05) is 19.8 Å². The van der Waals surface area contributed by atoms with Crippen LogP contribution in [0.4, 0.5) is 0 Å². The van der Waals surface area contributed by atoms with E-state index in [0.717, 1.165) is 43.0 Å². The maximum Gasteiger partial charge on any atom is 0.267 e. The van der Waals surface area contributed by atoms with E-state index in [1.54, 1.807) is 28.6 Å². The number of hydrogen-bond acceptors (Lipinski definition) is 3. The number of hydrogen-bond donors (Lipinski definition) is 1. The molecule has 2 heterocycles. The molecule has 0 bridgehead atoms. The highest BCUT2D eigenvalue weighted by Crippen LogP contribution is 2.26. The summed E-state index contributed by atoms with van der Waals surface area (Å²) in [5, 5.41) is 3.68. The fourth-order valence-electron chi connectivity index (χ4n) is 3.43. The molecule has 0 atom stereocenters. The molecular formula is C19H27N3O3S. The molecule has 7 heteroatoms. The van der Waals surface area contributed by atoms with Gasteiger partial charge in [0.15, 0.2) is 0 Å². The highest BCUT2D eigenvalue weighted by molar-refractivity contribution is 7.89. The first-order chi connectivity index (χ1) is 12.4. The molecule has 1 aliphatic rings. The van der Waals surface area contributed by atoms with Gasteiger partial charge in [0.1, 0.15) is 5.69 Å². The molecule has 1 N–H and O–H groups in total. The van der Waals surface area contributed by atoms with Crippen LogP contribution in [0.1, 0.15) is 49.5 Å². The molecule has 142 valence electrons. The Morgan fingerprint density at radius 1 is 1.15 bits per heavy atom. The van der Waals surface area contributed by atoms with Gasteiger partial charge in [0, 0.05) is 37.6 Å².